The lowest BCUT2D eigenvalue weighted by Crippen LogP contribution is -2.40. The lowest BCUT2D eigenvalue weighted by molar-refractivity contribution is 0.0600. The molecule has 2 N–H and O–H groups in total. The van der Waals surface area contributed by atoms with Crippen LogP contribution in [-0.2, 0) is 11.2 Å². The first-order chi connectivity index (χ1) is 11.6. The molecule has 0 saturated heterocycles. The van der Waals surface area contributed by atoms with Crippen molar-refractivity contribution in [1.29, 1.82) is 0 Å². The van der Waals surface area contributed by atoms with E-state index in [0.717, 1.165) is 6.42 Å². The average molecular weight is 342 g/mol. The van der Waals surface area contributed by atoms with E-state index in [4.69, 9.17) is 12.2 Å². The molecule has 0 fully saturated rings. The summed E-state index contributed by atoms with van der Waals surface area (Å²) in [5.41, 5.74) is 1.99. The van der Waals surface area contributed by atoms with Crippen LogP contribution in [0.3, 0.4) is 0 Å². The summed E-state index contributed by atoms with van der Waals surface area (Å²) in [4.78, 5) is 23.4. The number of hydrogen-bond donors (Lipinski definition) is 2. The van der Waals surface area contributed by atoms with Gasteiger partial charge < -0.3 is 10.1 Å². The fourth-order valence-corrected chi connectivity index (χ4v) is 2.25. The van der Waals surface area contributed by atoms with Crippen LogP contribution in [0.4, 0.5) is 0 Å². The van der Waals surface area contributed by atoms with Crippen LogP contribution in [0.5, 0.6) is 0 Å². The zero-order valence-corrected chi connectivity index (χ0v) is 14.1. The minimum absolute atomic E-state index is 0.271. The molecule has 0 aliphatic carbocycles. The molecule has 0 heterocycles. The third-order valence-electron chi connectivity index (χ3n) is 3.34. The van der Waals surface area contributed by atoms with Gasteiger partial charge in [-0.15, -0.1) is 0 Å². The molecule has 1 amide bonds. The number of nitrogens with one attached hydrogen (secondary N) is 2. The number of amides is 1. The van der Waals surface area contributed by atoms with Gasteiger partial charge in [-0.1, -0.05) is 30.3 Å². The van der Waals surface area contributed by atoms with E-state index in [1.54, 1.807) is 12.1 Å². The molecule has 0 aliphatic heterocycles. The SMILES string of the molecule is COC(=O)c1ccc(C(=O)NC(=S)NCCc2ccccc2)cc1. The van der Waals surface area contributed by atoms with Gasteiger partial charge in [-0.3, -0.25) is 10.1 Å². The second-order valence-electron chi connectivity index (χ2n) is 5.01. The van der Waals surface area contributed by atoms with Gasteiger partial charge in [-0.05, 0) is 48.5 Å². The maximum atomic E-state index is 12.1. The molecule has 0 unspecified atom stereocenters. The Morgan fingerprint density at radius 3 is 2.25 bits per heavy atom. The van der Waals surface area contributed by atoms with Crippen molar-refractivity contribution in [3.05, 3.63) is 71.3 Å². The number of carbonyl (C=O) groups is 2. The number of benzene rings is 2. The highest BCUT2D eigenvalue weighted by molar-refractivity contribution is 7.80. The Balaban J connectivity index is 1.80. The highest BCUT2D eigenvalue weighted by atomic mass is 32.1. The third-order valence-corrected chi connectivity index (χ3v) is 3.58. The number of thiocarbonyl (C=S) groups is 1. The maximum absolute atomic E-state index is 12.1. The maximum Gasteiger partial charge on any atom is 0.337 e. The monoisotopic (exact) mass is 342 g/mol. The fourth-order valence-electron chi connectivity index (χ4n) is 2.06. The van der Waals surface area contributed by atoms with E-state index in [1.165, 1.54) is 24.8 Å². The first-order valence-corrected chi connectivity index (χ1v) is 7.82. The summed E-state index contributed by atoms with van der Waals surface area (Å²) in [6.07, 6.45) is 0.810. The first kappa shape index (κ1) is 17.6. The van der Waals surface area contributed by atoms with Crippen molar-refractivity contribution in [3.8, 4) is 0 Å². The zero-order chi connectivity index (χ0) is 17.4. The number of rotatable bonds is 5. The van der Waals surface area contributed by atoms with Crippen LogP contribution < -0.4 is 10.6 Å². The molecular weight excluding hydrogens is 324 g/mol. The van der Waals surface area contributed by atoms with E-state index in [-0.39, 0.29) is 11.0 Å². The largest absolute Gasteiger partial charge is 0.465 e. The molecule has 0 aromatic heterocycles. The smallest absolute Gasteiger partial charge is 0.337 e. The molecule has 2 aromatic carbocycles. The number of esters is 1. The van der Waals surface area contributed by atoms with E-state index in [2.05, 4.69) is 15.4 Å². The van der Waals surface area contributed by atoms with Crippen LogP contribution in [0.25, 0.3) is 0 Å². The van der Waals surface area contributed by atoms with Gasteiger partial charge in [-0.2, -0.15) is 0 Å². The van der Waals surface area contributed by atoms with E-state index in [9.17, 15) is 9.59 Å². The van der Waals surface area contributed by atoms with Gasteiger partial charge in [0.05, 0.1) is 12.7 Å². The van der Waals surface area contributed by atoms with Gasteiger partial charge in [-0.25, -0.2) is 4.79 Å². The van der Waals surface area contributed by atoms with Crippen molar-refractivity contribution in [2.24, 2.45) is 0 Å². The van der Waals surface area contributed by atoms with Crippen LogP contribution in [0.2, 0.25) is 0 Å². The predicted molar refractivity (Wildman–Crippen MR) is 96.0 cm³/mol. The van der Waals surface area contributed by atoms with Crippen molar-refractivity contribution < 1.29 is 14.3 Å². The summed E-state index contributed by atoms with van der Waals surface area (Å²) in [7, 11) is 1.31. The molecule has 0 saturated carbocycles. The Morgan fingerprint density at radius 1 is 1.00 bits per heavy atom. The first-order valence-electron chi connectivity index (χ1n) is 7.41. The minimum Gasteiger partial charge on any atom is -0.465 e. The van der Waals surface area contributed by atoms with E-state index < -0.39 is 5.97 Å². The zero-order valence-electron chi connectivity index (χ0n) is 13.2. The number of hydrogen-bond acceptors (Lipinski definition) is 4. The second kappa shape index (κ2) is 8.79. The molecule has 5 nitrogen and oxygen atoms in total. The van der Waals surface area contributed by atoms with Gasteiger partial charge in [0.2, 0.25) is 0 Å². The Morgan fingerprint density at radius 2 is 1.62 bits per heavy atom. The molecule has 124 valence electrons. The highest BCUT2D eigenvalue weighted by Gasteiger charge is 2.10. The molecular formula is C18H18N2O3S. The molecule has 2 aromatic rings. The van der Waals surface area contributed by atoms with Gasteiger partial charge in [0.15, 0.2) is 5.11 Å². The molecule has 24 heavy (non-hydrogen) atoms. The molecule has 0 aliphatic rings. The molecule has 6 heteroatoms. The number of ether oxygens (including phenoxy) is 1. The molecule has 0 radical (unpaired) electrons. The molecule has 0 atom stereocenters. The highest BCUT2D eigenvalue weighted by Crippen LogP contribution is 2.05. The van der Waals surface area contributed by atoms with Crippen LogP contribution in [0.15, 0.2) is 54.6 Å². The van der Waals surface area contributed by atoms with E-state index >= 15 is 0 Å². The van der Waals surface area contributed by atoms with Crippen LogP contribution in [0.1, 0.15) is 26.3 Å². The van der Waals surface area contributed by atoms with E-state index in [0.29, 0.717) is 17.7 Å². The second-order valence-corrected chi connectivity index (χ2v) is 5.42. The summed E-state index contributed by atoms with van der Waals surface area (Å²) in [5, 5.41) is 5.88. The number of methoxy groups -OCH3 is 1. The van der Waals surface area contributed by atoms with Gasteiger partial charge in [0.25, 0.3) is 5.91 Å². The van der Waals surface area contributed by atoms with Gasteiger partial charge in [0, 0.05) is 12.1 Å². The normalized spacial score (nSPS) is 9.88. The van der Waals surface area contributed by atoms with Crippen LogP contribution >= 0.6 is 12.2 Å². The lowest BCUT2D eigenvalue weighted by atomic mass is 10.1. The summed E-state index contributed by atoms with van der Waals surface area (Å²) in [6, 6.07) is 16.2. The lowest BCUT2D eigenvalue weighted by Gasteiger charge is -2.10. The van der Waals surface area contributed by atoms with Crippen molar-refractivity contribution in [2.45, 2.75) is 6.42 Å². The predicted octanol–water partition coefficient (Wildman–Crippen LogP) is 2.32. The standard InChI is InChI=1S/C18H18N2O3S/c1-23-17(22)15-9-7-14(8-10-15)16(21)20-18(24)19-12-11-13-5-3-2-4-6-13/h2-10H,11-12H2,1H3,(H2,19,20,21,24). The molecule has 0 bridgehead atoms. The Hall–Kier alpha value is -2.73. The van der Waals surface area contributed by atoms with E-state index in [1.807, 2.05) is 30.3 Å². The van der Waals surface area contributed by atoms with Crippen molar-refractivity contribution in [1.82, 2.24) is 10.6 Å². The molecule has 0 spiro atoms. The summed E-state index contributed by atoms with van der Waals surface area (Å²) in [5.74, 6) is -0.774. The fraction of sp³-hybridized carbons (Fsp3) is 0.167. The third kappa shape index (κ3) is 5.17. The molecule has 2 rings (SSSR count). The average Bonchev–Trinajstić information content (AvgIpc) is 2.62. The van der Waals surface area contributed by atoms with Crippen molar-refractivity contribution in [3.63, 3.8) is 0 Å². The summed E-state index contributed by atoms with van der Waals surface area (Å²) in [6.45, 7) is 0.629. The van der Waals surface area contributed by atoms with Crippen molar-refractivity contribution >= 4 is 29.2 Å². The summed E-state index contributed by atoms with van der Waals surface area (Å²) < 4.78 is 4.61. The van der Waals surface area contributed by atoms with Crippen molar-refractivity contribution in [2.75, 3.05) is 13.7 Å². The van der Waals surface area contributed by atoms with Crippen LogP contribution in [-0.4, -0.2) is 30.6 Å². The van der Waals surface area contributed by atoms with Gasteiger partial charge in [0.1, 0.15) is 0 Å². The topological polar surface area (TPSA) is 67.4 Å². The Bertz CT molecular complexity index is 715. The summed E-state index contributed by atoms with van der Waals surface area (Å²) >= 11 is 5.11. The van der Waals surface area contributed by atoms with Crippen LogP contribution in [0, 0.1) is 0 Å². The van der Waals surface area contributed by atoms with Gasteiger partial charge >= 0.3 is 5.97 Å². The Labute approximate surface area is 146 Å². The Kier molecular flexibility index (Phi) is 6.45. The quantitative estimate of drug-likeness (QED) is 0.645. The number of carbonyl (C=O) groups excluding carboxylic acids is 2. The minimum atomic E-state index is -0.444.